The van der Waals surface area contributed by atoms with Crippen molar-refractivity contribution in [2.75, 3.05) is 44.2 Å². The highest BCUT2D eigenvalue weighted by Gasteiger charge is 2.45. The van der Waals surface area contributed by atoms with Gasteiger partial charge in [-0.15, -0.1) is 0 Å². The van der Waals surface area contributed by atoms with Gasteiger partial charge in [0.2, 0.25) is 6.54 Å². The lowest BCUT2D eigenvalue weighted by atomic mass is 9.94. The number of anilines is 1. The Kier molecular flexibility index (Phi) is 7.03. The minimum absolute atomic E-state index is 0.136. The predicted octanol–water partition coefficient (Wildman–Crippen LogP) is 6.24. The third kappa shape index (κ3) is 4.70. The van der Waals surface area contributed by atoms with Gasteiger partial charge in [0.15, 0.2) is 0 Å². The molecule has 0 saturated carbocycles. The number of hydrogen-bond acceptors (Lipinski definition) is 6. The van der Waals surface area contributed by atoms with Gasteiger partial charge in [-0.25, -0.2) is 6.57 Å². The van der Waals surface area contributed by atoms with Crippen LogP contribution in [-0.2, 0) is 17.8 Å². The summed E-state index contributed by atoms with van der Waals surface area (Å²) in [6, 6.07) is 12.8. The van der Waals surface area contributed by atoms with Crippen molar-refractivity contribution >= 4 is 28.2 Å². The molecule has 8 heteroatoms. The molecular formula is C32H36ClN5O2. The zero-order valence-electron chi connectivity index (χ0n) is 22.9. The number of nitrogens with zero attached hydrogens (tertiary/aromatic N) is 5. The van der Waals surface area contributed by atoms with E-state index >= 15 is 0 Å². The molecule has 0 N–H and O–H groups in total. The summed E-state index contributed by atoms with van der Waals surface area (Å²) < 4.78 is 13.0. The van der Waals surface area contributed by atoms with Crippen LogP contribution in [0.5, 0.6) is 6.01 Å². The van der Waals surface area contributed by atoms with Gasteiger partial charge >= 0.3 is 6.01 Å². The lowest BCUT2D eigenvalue weighted by Gasteiger charge is -2.35. The van der Waals surface area contributed by atoms with Gasteiger partial charge in [-0.05, 0) is 68.6 Å². The Hall–Kier alpha value is -2.92. The molecule has 0 radical (unpaired) electrons. The van der Waals surface area contributed by atoms with Crippen LogP contribution in [0.2, 0.25) is 5.02 Å². The van der Waals surface area contributed by atoms with Gasteiger partial charge in [0.1, 0.15) is 12.4 Å². The first-order valence-corrected chi connectivity index (χ1v) is 15.2. The molecule has 1 aromatic heterocycles. The normalized spacial score (nSPS) is 24.1. The van der Waals surface area contributed by atoms with E-state index in [9.17, 15) is 0 Å². The number of piperidine rings is 1. The molecule has 2 aromatic carbocycles. The SMILES string of the molecule is [C-]#[N+]C[C@@H]1CCCN(c2nc(OCC34CCCN3CCC4)nc3c2COC(c2cccc4cccc(Cl)c24)C3)C1. The Labute approximate surface area is 241 Å². The van der Waals surface area contributed by atoms with Crippen LogP contribution in [0.25, 0.3) is 15.6 Å². The molecule has 7 nitrogen and oxygen atoms in total. The molecule has 40 heavy (non-hydrogen) atoms. The molecule has 4 aliphatic heterocycles. The van der Waals surface area contributed by atoms with Crippen molar-refractivity contribution in [3.63, 3.8) is 0 Å². The number of hydrogen-bond donors (Lipinski definition) is 0. The van der Waals surface area contributed by atoms with Crippen LogP contribution in [0.3, 0.4) is 0 Å². The minimum Gasteiger partial charge on any atom is -0.461 e. The molecule has 0 bridgehead atoms. The first-order chi connectivity index (χ1) is 19.6. The molecule has 2 atom stereocenters. The molecule has 4 aliphatic rings. The molecule has 208 valence electrons. The van der Waals surface area contributed by atoms with Gasteiger partial charge in [-0.2, -0.15) is 9.97 Å². The van der Waals surface area contributed by atoms with Gasteiger partial charge in [-0.1, -0.05) is 41.9 Å². The average molecular weight is 558 g/mol. The standard InChI is InChI=1S/C32H36ClN5O2/c1-34-18-22-7-4-14-37(19-22)30-25-20-39-28(24-10-2-8-23-9-3-11-26(33)29(23)24)17-27(25)35-31(36-30)40-21-32-12-5-15-38(32)16-6-13-32/h2-3,8-11,22,28H,4-7,12-21H2/t22-,28?/m0/s1. The Balaban J connectivity index is 1.23. The van der Waals surface area contributed by atoms with Gasteiger partial charge in [0.25, 0.3) is 0 Å². The maximum atomic E-state index is 7.39. The van der Waals surface area contributed by atoms with Crippen LogP contribution in [-0.4, -0.2) is 59.7 Å². The molecule has 0 spiro atoms. The second kappa shape index (κ2) is 10.8. The topological polar surface area (TPSA) is 55.1 Å². The summed E-state index contributed by atoms with van der Waals surface area (Å²) in [6.07, 6.45) is 7.49. The van der Waals surface area contributed by atoms with Crippen molar-refractivity contribution in [3.8, 4) is 6.01 Å². The summed E-state index contributed by atoms with van der Waals surface area (Å²) in [7, 11) is 0. The minimum atomic E-state index is -0.151. The molecule has 3 saturated heterocycles. The summed E-state index contributed by atoms with van der Waals surface area (Å²) in [4.78, 5) is 18.7. The molecule has 7 rings (SSSR count). The van der Waals surface area contributed by atoms with Crippen LogP contribution in [0.1, 0.15) is 61.4 Å². The van der Waals surface area contributed by atoms with Crippen molar-refractivity contribution < 1.29 is 9.47 Å². The smallest absolute Gasteiger partial charge is 0.318 e. The fraction of sp³-hybridized carbons (Fsp3) is 0.531. The van der Waals surface area contributed by atoms with Gasteiger partial charge in [0, 0.05) is 41.4 Å². The number of halogens is 1. The van der Waals surface area contributed by atoms with E-state index in [2.05, 4.69) is 38.9 Å². The second-order valence-electron chi connectivity index (χ2n) is 11.9. The highest BCUT2D eigenvalue weighted by Crippen LogP contribution is 2.41. The van der Waals surface area contributed by atoms with Crippen molar-refractivity contribution in [1.82, 2.24) is 14.9 Å². The first-order valence-electron chi connectivity index (χ1n) is 14.8. The van der Waals surface area contributed by atoms with E-state index in [1.165, 1.54) is 38.8 Å². The number of benzene rings is 2. The Morgan fingerprint density at radius 3 is 2.73 bits per heavy atom. The zero-order chi connectivity index (χ0) is 27.1. The largest absolute Gasteiger partial charge is 0.461 e. The van der Waals surface area contributed by atoms with Gasteiger partial charge in [-0.3, -0.25) is 4.90 Å². The van der Waals surface area contributed by atoms with Crippen LogP contribution >= 0.6 is 11.6 Å². The highest BCUT2D eigenvalue weighted by molar-refractivity contribution is 6.35. The lowest BCUT2D eigenvalue weighted by Crippen LogP contribution is -2.43. The molecular weight excluding hydrogens is 522 g/mol. The summed E-state index contributed by atoms with van der Waals surface area (Å²) in [6.45, 7) is 13.1. The molecule has 3 aromatic rings. The van der Waals surface area contributed by atoms with Crippen LogP contribution in [0.4, 0.5) is 5.82 Å². The van der Waals surface area contributed by atoms with E-state index < -0.39 is 0 Å². The van der Waals surface area contributed by atoms with Crippen LogP contribution < -0.4 is 9.64 Å². The van der Waals surface area contributed by atoms with E-state index in [0.717, 1.165) is 64.4 Å². The Morgan fingerprint density at radius 2 is 1.90 bits per heavy atom. The van der Waals surface area contributed by atoms with E-state index in [-0.39, 0.29) is 11.6 Å². The van der Waals surface area contributed by atoms with Crippen LogP contribution in [0, 0.1) is 12.5 Å². The number of ether oxygens (including phenoxy) is 2. The number of fused-ring (bicyclic) bond motifs is 3. The van der Waals surface area contributed by atoms with Crippen LogP contribution in [0.15, 0.2) is 36.4 Å². The third-order valence-electron chi connectivity index (χ3n) is 9.54. The average Bonchev–Trinajstić information content (AvgIpc) is 3.56. The Bertz CT molecular complexity index is 1440. The Morgan fingerprint density at radius 1 is 1.07 bits per heavy atom. The van der Waals surface area contributed by atoms with Crippen molar-refractivity contribution in [1.29, 1.82) is 0 Å². The molecule has 5 heterocycles. The summed E-state index contributed by atoms with van der Waals surface area (Å²) >= 11 is 6.69. The summed E-state index contributed by atoms with van der Waals surface area (Å²) in [5.41, 5.74) is 3.29. The van der Waals surface area contributed by atoms with Gasteiger partial charge < -0.3 is 19.2 Å². The van der Waals surface area contributed by atoms with Crippen molar-refractivity contribution in [2.45, 2.75) is 63.2 Å². The molecule has 3 fully saturated rings. The van der Waals surface area contributed by atoms with Gasteiger partial charge in [0.05, 0.1) is 23.9 Å². The van der Waals surface area contributed by atoms with Crippen molar-refractivity contribution in [2.24, 2.45) is 5.92 Å². The second-order valence-corrected chi connectivity index (χ2v) is 12.4. The molecule has 0 aliphatic carbocycles. The van der Waals surface area contributed by atoms with E-state index in [1.807, 2.05) is 12.1 Å². The predicted molar refractivity (Wildman–Crippen MR) is 157 cm³/mol. The zero-order valence-corrected chi connectivity index (χ0v) is 23.7. The highest BCUT2D eigenvalue weighted by atomic mass is 35.5. The summed E-state index contributed by atoms with van der Waals surface area (Å²) in [5, 5.41) is 2.90. The van der Waals surface area contributed by atoms with E-state index in [1.54, 1.807) is 0 Å². The fourth-order valence-electron chi connectivity index (χ4n) is 7.54. The first kappa shape index (κ1) is 26.0. The quantitative estimate of drug-likeness (QED) is 0.334. The maximum Gasteiger partial charge on any atom is 0.318 e. The van der Waals surface area contributed by atoms with Crippen molar-refractivity contribution in [3.05, 3.63) is 69.7 Å². The van der Waals surface area contributed by atoms with E-state index in [0.29, 0.717) is 38.1 Å². The third-order valence-corrected chi connectivity index (χ3v) is 9.86. The monoisotopic (exact) mass is 557 g/mol. The fourth-order valence-corrected chi connectivity index (χ4v) is 7.83. The van der Waals surface area contributed by atoms with E-state index in [4.69, 9.17) is 37.6 Å². The maximum absolute atomic E-state index is 7.39. The number of rotatable bonds is 6. The summed E-state index contributed by atoms with van der Waals surface area (Å²) in [5.74, 6) is 1.29. The molecule has 0 amide bonds. The molecule has 1 unspecified atom stereocenters. The lowest BCUT2D eigenvalue weighted by molar-refractivity contribution is 0.0263. The number of aromatic nitrogens is 2.